The summed E-state index contributed by atoms with van der Waals surface area (Å²) in [5, 5.41) is 9.09. The predicted molar refractivity (Wildman–Crippen MR) is 56.7 cm³/mol. The number of carboxylic acid groups (broad SMARTS) is 1. The molecular formula is C11H11FO2S. The lowest BCUT2D eigenvalue weighted by atomic mass is 9.96. The van der Waals surface area contributed by atoms with Crippen LogP contribution in [-0.4, -0.2) is 17.3 Å². The summed E-state index contributed by atoms with van der Waals surface area (Å²) in [5.74, 6) is -1.09. The number of carbonyl (C=O) groups is 1. The molecule has 80 valence electrons. The van der Waals surface area contributed by atoms with Gasteiger partial charge in [-0.1, -0.05) is 6.07 Å². The van der Waals surface area contributed by atoms with Gasteiger partial charge in [0.05, 0.1) is 5.41 Å². The highest BCUT2D eigenvalue weighted by Gasteiger charge is 2.51. The minimum absolute atomic E-state index is 0.285. The molecule has 1 aromatic rings. The van der Waals surface area contributed by atoms with Crippen molar-refractivity contribution in [3.63, 3.8) is 0 Å². The quantitative estimate of drug-likeness (QED) is 0.805. The highest BCUT2D eigenvalue weighted by molar-refractivity contribution is 7.98. The molecule has 1 fully saturated rings. The van der Waals surface area contributed by atoms with Crippen LogP contribution in [0.4, 0.5) is 4.39 Å². The number of hydrogen-bond donors (Lipinski definition) is 1. The summed E-state index contributed by atoms with van der Waals surface area (Å²) in [7, 11) is 0. The summed E-state index contributed by atoms with van der Waals surface area (Å²) < 4.78 is 13.2. The van der Waals surface area contributed by atoms with E-state index >= 15 is 0 Å². The fourth-order valence-corrected chi connectivity index (χ4v) is 2.22. The largest absolute Gasteiger partial charge is 0.481 e. The Hall–Kier alpha value is -1.03. The minimum Gasteiger partial charge on any atom is -0.481 e. The van der Waals surface area contributed by atoms with Gasteiger partial charge in [-0.3, -0.25) is 4.79 Å². The predicted octanol–water partition coefficient (Wildman–Crippen LogP) is 2.66. The van der Waals surface area contributed by atoms with Crippen LogP contribution in [0.5, 0.6) is 0 Å². The first-order valence-electron chi connectivity index (χ1n) is 4.67. The van der Waals surface area contributed by atoms with Gasteiger partial charge in [-0.05, 0) is 36.8 Å². The third-order valence-electron chi connectivity index (χ3n) is 2.86. The number of carboxylic acids is 1. The Bertz CT molecular complexity index is 413. The summed E-state index contributed by atoms with van der Waals surface area (Å²) in [6, 6.07) is 4.58. The molecule has 15 heavy (non-hydrogen) atoms. The Kier molecular flexibility index (Phi) is 2.46. The summed E-state index contributed by atoms with van der Waals surface area (Å²) in [6.07, 6.45) is 3.09. The maximum absolute atomic E-state index is 13.2. The fraction of sp³-hybridized carbons (Fsp3) is 0.364. The second-order valence-corrected chi connectivity index (χ2v) is 4.58. The van der Waals surface area contributed by atoms with Crippen molar-refractivity contribution in [1.82, 2.24) is 0 Å². The van der Waals surface area contributed by atoms with E-state index in [1.54, 1.807) is 18.4 Å². The lowest BCUT2D eigenvalue weighted by Crippen LogP contribution is -2.19. The molecule has 1 aromatic carbocycles. The molecule has 1 aliphatic carbocycles. The van der Waals surface area contributed by atoms with Gasteiger partial charge in [-0.2, -0.15) is 0 Å². The van der Waals surface area contributed by atoms with E-state index in [4.69, 9.17) is 5.11 Å². The molecule has 2 rings (SSSR count). The number of thioether (sulfide) groups is 1. The van der Waals surface area contributed by atoms with E-state index in [-0.39, 0.29) is 5.82 Å². The molecule has 4 heteroatoms. The molecule has 2 nitrogen and oxygen atoms in total. The number of halogens is 1. The summed E-state index contributed by atoms with van der Waals surface area (Å²) in [5.41, 5.74) is -0.0150. The molecule has 0 heterocycles. The zero-order valence-electron chi connectivity index (χ0n) is 8.29. The van der Waals surface area contributed by atoms with E-state index in [0.717, 1.165) is 5.56 Å². The van der Waals surface area contributed by atoms with Crippen LogP contribution in [-0.2, 0) is 10.2 Å². The minimum atomic E-state index is -0.804. The van der Waals surface area contributed by atoms with E-state index in [9.17, 15) is 9.18 Å². The van der Waals surface area contributed by atoms with Gasteiger partial charge in [0.15, 0.2) is 0 Å². The first kappa shape index (κ1) is 10.5. The Morgan fingerprint density at radius 1 is 1.53 bits per heavy atom. The fourth-order valence-electron chi connectivity index (χ4n) is 1.71. The Balaban J connectivity index is 2.42. The topological polar surface area (TPSA) is 37.3 Å². The summed E-state index contributed by atoms with van der Waals surface area (Å²) >= 11 is 1.30. The maximum atomic E-state index is 13.2. The molecule has 0 saturated heterocycles. The summed E-state index contributed by atoms with van der Waals surface area (Å²) in [6.45, 7) is 0. The first-order valence-corrected chi connectivity index (χ1v) is 5.90. The van der Waals surface area contributed by atoms with Crippen LogP contribution in [0.3, 0.4) is 0 Å². The SMILES string of the molecule is CSc1cc(C2(C(=O)O)CC2)ccc1F. The normalized spacial score (nSPS) is 17.5. The molecule has 1 saturated carbocycles. The van der Waals surface area contributed by atoms with E-state index in [1.807, 2.05) is 0 Å². The molecule has 1 N–H and O–H groups in total. The Morgan fingerprint density at radius 3 is 2.67 bits per heavy atom. The van der Waals surface area contributed by atoms with Gasteiger partial charge >= 0.3 is 5.97 Å². The van der Waals surface area contributed by atoms with Gasteiger partial charge in [0.1, 0.15) is 5.82 Å². The smallest absolute Gasteiger partial charge is 0.314 e. The molecule has 0 aromatic heterocycles. The second kappa shape index (κ2) is 3.52. The van der Waals surface area contributed by atoms with Crippen molar-refractivity contribution in [2.24, 2.45) is 0 Å². The molecule has 0 radical (unpaired) electrons. The molecule has 0 aliphatic heterocycles. The van der Waals surface area contributed by atoms with E-state index in [2.05, 4.69) is 0 Å². The lowest BCUT2D eigenvalue weighted by molar-refractivity contribution is -0.140. The molecular weight excluding hydrogens is 215 g/mol. The first-order chi connectivity index (χ1) is 7.10. The van der Waals surface area contributed by atoms with Crippen LogP contribution in [0, 0.1) is 5.82 Å². The number of rotatable bonds is 3. The van der Waals surface area contributed by atoms with Crippen molar-refractivity contribution >= 4 is 17.7 Å². The third kappa shape index (κ3) is 1.63. The average Bonchev–Trinajstić information content (AvgIpc) is 2.99. The highest BCUT2D eigenvalue weighted by atomic mass is 32.2. The molecule has 0 amide bonds. The van der Waals surface area contributed by atoms with Crippen molar-refractivity contribution in [2.75, 3.05) is 6.26 Å². The van der Waals surface area contributed by atoms with Crippen molar-refractivity contribution in [1.29, 1.82) is 0 Å². The summed E-state index contributed by atoms with van der Waals surface area (Å²) in [4.78, 5) is 11.6. The van der Waals surface area contributed by atoms with Crippen LogP contribution >= 0.6 is 11.8 Å². The molecule has 0 unspecified atom stereocenters. The Morgan fingerprint density at radius 2 is 2.20 bits per heavy atom. The van der Waals surface area contributed by atoms with Crippen molar-refractivity contribution in [3.8, 4) is 0 Å². The maximum Gasteiger partial charge on any atom is 0.314 e. The standard InChI is InChI=1S/C11H11FO2S/c1-15-9-6-7(2-3-8(9)12)11(4-5-11)10(13)14/h2-3,6H,4-5H2,1H3,(H,13,14). The monoisotopic (exact) mass is 226 g/mol. The number of benzene rings is 1. The number of aliphatic carboxylic acids is 1. The van der Waals surface area contributed by atoms with Crippen LogP contribution in [0.1, 0.15) is 18.4 Å². The van der Waals surface area contributed by atoms with Crippen molar-refractivity contribution < 1.29 is 14.3 Å². The Labute approximate surface area is 91.5 Å². The molecule has 0 spiro atoms. The van der Waals surface area contributed by atoms with Gasteiger partial charge in [0.2, 0.25) is 0 Å². The van der Waals surface area contributed by atoms with E-state index in [1.165, 1.54) is 17.8 Å². The van der Waals surface area contributed by atoms with Crippen LogP contribution < -0.4 is 0 Å². The van der Waals surface area contributed by atoms with E-state index in [0.29, 0.717) is 17.7 Å². The van der Waals surface area contributed by atoms with Crippen molar-refractivity contribution in [2.45, 2.75) is 23.2 Å². The number of hydrogen-bond acceptors (Lipinski definition) is 2. The van der Waals surface area contributed by atoms with Gasteiger partial charge < -0.3 is 5.11 Å². The van der Waals surface area contributed by atoms with Gasteiger partial charge in [-0.15, -0.1) is 11.8 Å². The average molecular weight is 226 g/mol. The molecule has 0 bridgehead atoms. The zero-order valence-corrected chi connectivity index (χ0v) is 9.10. The second-order valence-electron chi connectivity index (χ2n) is 3.74. The zero-order chi connectivity index (χ0) is 11.1. The van der Waals surface area contributed by atoms with Crippen LogP contribution in [0.2, 0.25) is 0 Å². The highest BCUT2D eigenvalue weighted by Crippen LogP contribution is 2.49. The van der Waals surface area contributed by atoms with Crippen molar-refractivity contribution in [3.05, 3.63) is 29.6 Å². The van der Waals surface area contributed by atoms with Crippen LogP contribution in [0.25, 0.3) is 0 Å². The van der Waals surface area contributed by atoms with Crippen LogP contribution in [0.15, 0.2) is 23.1 Å². The molecule has 1 aliphatic rings. The van der Waals surface area contributed by atoms with Gasteiger partial charge in [-0.25, -0.2) is 4.39 Å². The van der Waals surface area contributed by atoms with Gasteiger partial charge in [0.25, 0.3) is 0 Å². The lowest BCUT2D eigenvalue weighted by Gasteiger charge is -2.11. The van der Waals surface area contributed by atoms with Gasteiger partial charge in [0, 0.05) is 4.90 Å². The third-order valence-corrected chi connectivity index (χ3v) is 3.62. The van der Waals surface area contributed by atoms with E-state index < -0.39 is 11.4 Å². The molecule has 0 atom stereocenters.